The van der Waals surface area contributed by atoms with Crippen molar-refractivity contribution in [1.29, 1.82) is 0 Å². The van der Waals surface area contributed by atoms with E-state index < -0.39 is 0 Å². The maximum Gasteiger partial charge on any atom is 0.245 e. The van der Waals surface area contributed by atoms with Crippen molar-refractivity contribution in [3.63, 3.8) is 0 Å². The molecule has 5 heterocycles. The van der Waals surface area contributed by atoms with Crippen molar-refractivity contribution in [2.75, 3.05) is 23.3 Å². The van der Waals surface area contributed by atoms with Crippen molar-refractivity contribution in [3.05, 3.63) is 60.7 Å². The topological polar surface area (TPSA) is 130 Å². The van der Waals surface area contributed by atoms with Crippen LogP contribution < -0.4 is 16.0 Å². The van der Waals surface area contributed by atoms with Crippen molar-refractivity contribution in [1.82, 2.24) is 29.8 Å². The number of amides is 1. The Bertz CT molecular complexity index is 1090. The summed E-state index contributed by atoms with van der Waals surface area (Å²) in [5, 5.41) is 15.5. The fraction of sp³-hybridized carbons (Fsp3) is 0.318. The Morgan fingerprint density at radius 1 is 1.12 bits per heavy atom. The molecule has 1 amide bonds. The van der Waals surface area contributed by atoms with E-state index in [4.69, 9.17) is 9.78 Å². The number of H-pyrrole nitrogens is 1. The molecule has 0 unspecified atom stereocenters. The Morgan fingerprint density at radius 3 is 2.50 bits per heavy atom. The van der Waals surface area contributed by atoms with Gasteiger partial charge in [0, 0.05) is 49.4 Å². The molecule has 32 heavy (non-hydrogen) atoms. The minimum Gasteiger partial charge on any atom is -0.372 e. The second-order valence-corrected chi connectivity index (χ2v) is 7.56. The highest BCUT2D eigenvalue weighted by Crippen LogP contribution is 2.39. The van der Waals surface area contributed by atoms with Crippen molar-refractivity contribution in [3.8, 4) is 0 Å². The molecule has 1 saturated heterocycles. The highest BCUT2D eigenvalue weighted by Gasteiger charge is 2.25. The van der Waals surface area contributed by atoms with Gasteiger partial charge in [0.05, 0.1) is 0 Å². The number of hydrogen-bond donors (Lipinski definition) is 3. The number of aromatic amines is 1. The summed E-state index contributed by atoms with van der Waals surface area (Å²) >= 11 is 0. The van der Waals surface area contributed by atoms with Crippen LogP contribution in [0.15, 0.2) is 55.0 Å². The van der Waals surface area contributed by atoms with Crippen LogP contribution in [0.2, 0.25) is 0 Å². The van der Waals surface area contributed by atoms with E-state index in [0.29, 0.717) is 5.92 Å². The molecule has 0 spiro atoms. The first-order valence-corrected chi connectivity index (χ1v) is 10.7. The lowest BCUT2D eigenvalue weighted by molar-refractivity contribution is -0.106. The summed E-state index contributed by atoms with van der Waals surface area (Å²) in [5.74, 6) is 3.07. The molecule has 0 bridgehead atoms. The van der Waals surface area contributed by atoms with Crippen LogP contribution in [0.1, 0.15) is 37.3 Å². The Balaban J connectivity index is 0.000000231. The number of anilines is 3. The van der Waals surface area contributed by atoms with E-state index in [0.717, 1.165) is 36.2 Å². The second kappa shape index (κ2) is 10.4. The largest absolute Gasteiger partial charge is 0.372 e. The summed E-state index contributed by atoms with van der Waals surface area (Å²) in [5.41, 5.74) is 6.34. The summed E-state index contributed by atoms with van der Waals surface area (Å²) < 4.78 is 1.89. The zero-order valence-electron chi connectivity index (χ0n) is 17.8. The summed E-state index contributed by atoms with van der Waals surface area (Å²) in [4.78, 5) is 19.4. The van der Waals surface area contributed by atoms with Crippen molar-refractivity contribution in [2.24, 2.45) is 5.73 Å². The van der Waals surface area contributed by atoms with Gasteiger partial charge in [0.2, 0.25) is 12.4 Å². The quantitative estimate of drug-likeness (QED) is 0.422. The molecule has 10 nitrogen and oxygen atoms in total. The molecular formula is C22H27N9O. The predicted molar refractivity (Wildman–Crippen MR) is 123 cm³/mol. The molecule has 0 aromatic carbocycles. The van der Waals surface area contributed by atoms with Crippen LogP contribution in [-0.4, -0.2) is 49.3 Å². The third-order valence-corrected chi connectivity index (χ3v) is 5.20. The molecule has 1 aliphatic heterocycles. The molecule has 2 fully saturated rings. The molecule has 6 rings (SSSR count). The van der Waals surface area contributed by atoms with Crippen molar-refractivity contribution >= 4 is 29.5 Å². The smallest absolute Gasteiger partial charge is 0.245 e. The first kappa shape index (κ1) is 21.3. The normalized spacial score (nSPS) is 14.8. The predicted octanol–water partition coefficient (Wildman–Crippen LogP) is 2.86. The lowest BCUT2D eigenvalue weighted by atomic mass is 10.3. The van der Waals surface area contributed by atoms with E-state index in [9.17, 15) is 0 Å². The number of nitrogens with zero attached hydrogens (tertiary/aromatic N) is 6. The van der Waals surface area contributed by atoms with E-state index in [2.05, 4.69) is 42.3 Å². The maximum absolute atomic E-state index is 8.58. The Hall–Kier alpha value is -3.95. The summed E-state index contributed by atoms with van der Waals surface area (Å²) in [6.07, 6.45) is 10.6. The molecule has 0 atom stereocenters. The van der Waals surface area contributed by atoms with Crippen LogP contribution in [0.3, 0.4) is 0 Å². The standard InChI is InChI=1S/C16H19N7.C5H5N.CH3NO/c1-2-8-22(7-1)16-18-15(13-4-3-9-23(13)21-16)17-14-10-12(19-20-14)11-5-6-11;1-2-4-6-5-3-1;2-1-3/h3-4,9-11H,1-2,5-8H2,(H2,17,18,19,20,21);1-5H;1H,(H2,2,3). The molecular weight excluding hydrogens is 406 g/mol. The molecule has 0 radical (unpaired) electrons. The van der Waals surface area contributed by atoms with Gasteiger partial charge in [-0.25, -0.2) is 4.52 Å². The number of rotatable bonds is 4. The highest BCUT2D eigenvalue weighted by molar-refractivity contribution is 5.73. The molecule has 10 heteroatoms. The van der Waals surface area contributed by atoms with Gasteiger partial charge in [-0.3, -0.25) is 14.9 Å². The lowest BCUT2D eigenvalue weighted by Gasteiger charge is -2.16. The minimum atomic E-state index is 0.250. The molecule has 4 N–H and O–H groups in total. The molecule has 4 aromatic heterocycles. The van der Waals surface area contributed by atoms with Crippen molar-refractivity contribution in [2.45, 2.75) is 31.6 Å². The van der Waals surface area contributed by atoms with Crippen molar-refractivity contribution < 1.29 is 4.79 Å². The highest BCUT2D eigenvalue weighted by atomic mass is 16.1. The number of primary amides is 1. The zero-order chi connectivity index (χ0) is 22.2. The molecule has 2 aliphatic rings. The number of nitrogens with one attached hydrogen (secondary N) is 2. The number of nitrogens with two attached hydrogens (primary N) is 1. The van der Waals surface area contributed by atoms with Crippen LogP contribution in [0, 0.1) is 0 Å². The van der Waals surface area contributed by atoms with Crippen LogP contribution >= 0.6 is 0 Å². The van der Waals surface area contributed by atoms with E-state index in [1.807, 2.05) is 41.0 Å². The third-order valence-electron chi connectivity index (χ3n) is 5.20. The van der Waals surface area contributed by atoms with E-state index >= 15 is 0 Å². The Morgan fingerprint density at radius 2 is 1.88 bits per heavy atom. The first-order chi connectivity index (χ1) is 15.8. The second-order valence-electron chi connectivity index (χ2n) is 7.56. The molecule has 1 saturated carbocycles. The summed E-state index contributed by atoms with van der Waals surface area (Å²) in [7, 11) is 0. The van der Waals surface area contributed by atoms with Gasteiger partial charge in [0.15, 0.2) is 11.6 Å². The molecule has 166 valence electrons. The number of pyridine rings is 1. The van der Waals surface area contributed by atoms with Gasteiger partial charge >= 0.3 is 0 Å². The molecule has 4 aromatic rings. The number of carbonyl (C=O) groups excluding carboxylic acids is 1. The summed E-state index contributed by atoms with van der Waals surface area (Å²) in [6, 6.07) is 11.8. The Kier molecular flexibility index (Phi) is 6.91. The maximum atomic E-state index is 8.58. The lowest BCUT2D eigenvalue weighted by Crippen LogP contribution is -2.22. The van der Waals surface area contributed by atoms with Gasteiger partial charge in [-0.1, -0.05) is 6.07 Å². The van der Waals surface area contributed by atoms with E-state index in [1.54, 1.807) is 12.4 Å². The van der Waals surface area contributed by atoms with Crippen LogP contribution in [-0.2, 0) is 4.79 Å². The average molecular weight is 434 g/mol. The van der Waals surface area contributed by atoms with Crippen LogP contribution in [0.25, 0.3) is 5.52 Å². The fourth-order valence-electron chi connectivity index (χ4n) is 3.50. The van der Waals surface area contributed by atoms with Gasteiger partial charge in [0.25, 0.3) is 0 Å². The average Bonchev–Trinajstić information content (AvgIpc) is 3.22. The van der Waals surface area contributed by atoms with Gasteiger partial charge < -0.3 is 16.0 Å². The molecule has 1 aliphatic carbocycles. The zero-order valence-corrected chi connectivity index (χ0v) is 17.8. The van der Waals surface area contributed by atoms with Crippen LogP contribution in [0.4, 0.5) is 17.6 Å². The number of carbonyl (C=O) groups is 1. The fourth-order valence-corrected chi connectivity index (χ4v) is 3.50. The van der Waals surface area contributed by atoms with Gasteiger partial charge in [-0.15, -0.1) is 5.10 Å². The van der Waals surface area contributed by atoms with E-state index in [1.165, 1.54) is 31.4 Å². The van der Waals surface area contributed by atoms with Gasteiger partial charge in [-0.05, 0) is 49.9 Å². The van der Waals surface area contributed by atoms with Crippen LogP contribution in [0.5, 0.6) is 0 Å². The Labute approximate surface area is 185 Å². The monoisotopic (exact) mass is 433 g/mol. The number of aromatic nitrogens is 6. The van der Waals surface area contributed by atoms with Gasteiger partial charge in [0.1, 0.15) is 5.52 Å². The first-order valence-electron chi connectivity index (χ1n) is 10.7. The minimum absolute atomic E-state index is 0.250. The van der Waals surface area contributed by atoms with Gasteiger partial charge in [-0.2, -0.15) is 10.1 Å². The number of fused-ring (bicyclic) bond motifs is 1. The summed E-state index contributed by atoms with van der Waals surface area (Å²) in [6.45, 7) is 2.06. The number of hydrogen-bond acceptors (Lipinski definition) is 7. The third kappa shape index (κ3) is 5.39. The van der Waals surface area contributed by atoms with E-state index in [-0.39, 0.29) is 6.41 Å². The SMILES string of the molecule is NC=O.c1cc2c(Nc3cc(C4CC4)[nH]n3)nc(N3CCCC3)nn2c1.c1ccncc1.